The second kappa shape index (κ2) is 5.15. The van der Waals surface area contributed by atoms with E-state index in [1.807, 2.05) is 0 Å². The van der Waals surface area contributed by atoms with Crippen LogP contribution in [0.5, 0.6) is 0 Å². The van der Waals surface area contributed by atoms with Crippen molar-refractivity contribution >= 4 is 5.91 Å². The predicted molar refractivity (Wildman–Crippen MR) is 64.3 cm³/mol. The molecule has 16 heavy (non-hydrogen) atoms. The van der Waals surface area contributed by atoms with E-state index < -0.39 is 0 Å². The Morgan fingerprint density at radius 1 is 1.38 bits per heavy atom. The van der Waals surface area contributed by atoms with E-state index >= 15 is 0 Å². The molecule has 2 rings (SSSR count). The molecule has 0 aliphatic carbocycles. The van der Waals surface area contributed by atoms with E-state index in [-0.39, 0.29) is 5.91 Å². The van der Waals surface area contributed by atoms with Gasteiger partial charge in [-0.1, -0.05) is 13.8 Å². The lowest BCUT2D eigenvalue weighted by Gasteiger charge is -2.21. The first-order chi connectivity index (χ1) is 7.66. The molecule has 4 nitrogen and oxygen atoms in total. The highest BCUT2D eigenvalue weighted by Gasteiger charge is 2.37. The van der Waals surface area contributed by atoms with Crippen molar-refractivity contribution < 1.29 is 4.79 Å². The summed E-state index contributed by atoms with van der Waals surface area (Å²) in [5.74, 6) is 0.146. The molecule has 2 aliphatic heterocycles. The Morgan fingerprint density at radius 3 is 2.94 bits per heavy atom. The van der Waals surface area contributed by atoms with E-state index in [1.165, 1.54) is 19.4 Å². The molecule has 0 spiro atoms. The Bertz CT molecular complexity index is 255. The van der Waals surface area contributed by atoms with Gasteiger partial charge in [0.05, 0.1) is 6.54 Å². The van der Waals surface area contributed by atoms with Crippen LogP contribution in [0.1, 0.15) is 33.1 Å². The van der Waals surface area contributed by atoms with Crippen LogP contribution in [0.4, 0.5) is 0 Å². The normalized spacial score (nSPS) is 29.7. The highest BCUT2D eigenvalue weighted by molar-refractivity contribution is 5.78. The molecule has 2 atom stereocenters. The van der Waals surface area contributed by atoms with Crippen molar-refractivity contribution in [1.82, 2.24) is 15.5 Å². The maximum Gasteiger partial charge on any atom is 0.234 e. The molecule has 4 heteroatoms. The summed E-state index contributed by atoms with van der Waals surface area (Å²) in [7, 11) is 0. The van der Waals surface area contributed by atoms with Gasteiger partial charge in [0, 0.05) is 24.7 Å². The molecule has 0 aromatic carbocycles. The number of carbonyl (C=O) groups is 1. The first-order valence-electron chi connectivity index (χ1n) is 6.43. The highest BCUT2D eigenvalue weighted by atomic mass is 16.2. The van der Waals surface area contributed by atoms with Crippen LogP contribution in [-0.4, -0.2) is 48.6 Å². The van der Waals surface area contributed by atoms with Gasteiger partial charge in [0.15, 0.2) is 0 Å². The average Bonchev–Trinajstić information content (AvgIpc) is 2.80. The molecule has 2 N–H and O–H groups in total. The van der Waals surface area contributed by atoms with Crippen molar-refractivity contribution in [1.29, 1.82) is 0 Å². The summed E-state index contributed by atoms with van der Waals surface area (Å²) in [5, 5.41) is 6.32. The third kappa shape index (κ3) is 2.74. The SMILES string of the molecule is CC(C)NCC(=O)NC1CCN2CCCC12. The Hall–Kier alpha value is -0.610. The van der Waals surface area contributed by atoms with Crippen LogP contribution in [0.25, 0.3) is 0 Å². The van der Waals surface area contributed by atoms with Crippen LogP contribution in [0, 0.1) is 0 Å². The van der Waals surface area contributed by atoms with Crippen LogP contribution in [0.3, 0.4) is 0 Å². The van der Waals surface area contributed by atoms with Gasteiger partial charge in [0.25, 0.3) is 0 Å². The monoisotopic (exact) mass is 225 g/mol. The van der Waals surface area contributed by atoms with Crippen molar-refractivity contribution in [3.8, 4) is 0 Å². The molecular weight excluding hydrogens is 202 g/mol. The third-order valence-corrected chi connectivity index (χ3v) is 3.62. The number of hydrogen-bond acceptors (Lipinski definition) is 3. The highest BCUT2D eigenvalue weighted by Crippen LogP contribution is 2.27. The zero-order valence-corrected chi connectivity index (χ0v) is 10.3. The maximum atomic E-state index is 11.7. The fourth-order valence-corrected chi connectivity index (χ4v) is 2.81. The molecule has 2 fully saturated rings. The van der Waals surface area contributed by atoms with Gasteiger partial charge < -0.3 is 10.6 Å². The minimum atomic E-state index is 0.146. The van der Waals surface area contributed by atoms with Gasteiger partial charge in [-0.15, -0.1) is 0 Å². The van der Waals surface area contributed by atoms with Gasteiger partial charge >= 0.3 is 0 Å². The fraction of sp³-hybridized carbons (Fsp3) is 0.917. The van der Waals surface area contributed by atoms with E-state index in [9.17, 15) is 4.79 Å². The number of rotatable bonds is 4. The quantitative estimate of drug-likeness (QED) is 0.725. The van der Waals surface area contributed by atoms with E-state index in [2.05, 4.69) is 29.4 Å². The lowest BCUT2D eigenvalue weighted by Crippen LogP contribution is -2.46. The molecule has 2 saturated heterocycles. The molecule has 0 aromatic rings. The molecular formula is C12H23N3O. The van der Waals surface area contributed by atoms with Crippen LogP contribution in [0.15, 0.2) is 0 Å². The minimum Gasteiger partial charge on any atom is -0.351 e. The van der Waals surface area contributed by atoms with Gasteiger partial charge in [-0.2, -0.15) is 0 Å². The van der Waals surface area contributed by atoms with Crippen LogP contribution in [-0.2, 0) is 4.79 Å². The molecule has 0 radical (unpaired) electrons. The fourth-order valence-electron chi connectivity index (χ4n) is 2.81. The Labute approximate surface area is 97.8 Å². The first-order valence-corrected chi connectivity index (χ1v) is 6.43. The topological polar surface area (TPSA) is 44.4 Å². The molecule has 92 valence electrons. The van der Waals surface area contributed by atoms with Gasteiger partial charge in [-0.05, 0) is 25.8 Å². The standard InChI is InChI=1S/C12H23N3O/c1-9(2)13-8-12(16)14-10-5-7-15-6-3-4-11(10)15/h9-11,13H,3-8H2,1-2H3,(H,14,16). The average molecular weight is 225 g/mol. The number of nitrogens with one attached hydrogen (secondary N) is 2. The van der Waals surface area contributed by atoms with Crippen molar-refractivity contribution in [2.24, 2.45) is 0 Å². The molecule has 0 aromatic heterocycles. The number of carbonyl (C=O) groups excluding carboxylic acids is 1. The number of amides is 1. The predicted octanol–water partition coefficient (Wildman–Crippen LogP) is 0.337. The third-order valence-electron chi connectivity index (χ3n) is 3.62. The van der Waals surface area contributed by atoms with Crippen LogP contribution < -0.4 is 10.6 Å². The van der Waals surface area contributed by atoms with Gasteiger partial charge in [-0.25, -0.2) is 0 Å². The summed E-state index contributed by atoms with van der Waals surface area (Å²) >= 11 is 0. The van der Waals surface area contributed by atoms with Crippen molar-refractivity contribution in [2.45, 2.75) is 51.2 Å². The molecule has 1 amide bonds. The molecule has 2 unspecified atom stereocenters. The lowest BCUT2D eigenvalue weighted by molar-refractivity contribution is -0.121. The summed E-state index contributed by atoms with van der Waals surface area (Å²) in [6.45, 7) is 6.94. The maximum absolute atomic E-state index is 11.7. The van der Waals surface area contributed by atoms with E-state index in [4.69, 9.17) is 0 Å². The summed E-state index contributed by atoms with van der Waals surface area (Å²) in [4.78, 5) is 14.2. The number of nitrogens with zero attached hydrogens (tertiary/aromatic N) is 1. The van der Waals surface area contributed by atoms with E-state index in [0.717, 1.165) is 13.0 Å². The van der Waals surface area contributed by atoms with Gasteiger partial charge in [-0.3, -0.25) is 9.69 Å². The Morgan fingerprint density at radius 2 is 2.19 bits per heavy atom. The Kier molecular flexibility index (Phi) is 3.82. The zero-order valence-electron chi connectivity index (χ0n) is 10.3. The summed E-state index contributed by atoms with van der Waals surface area (Å²) in [6.07, 6.45) is 3.67. The van der Waals surface area contributed by atoms with E-state index in [1.54, 1.807) is 0 Å². The van der Waals surface area contributed by atoms with Crippen molar-refractivity contribution in [2.75, 3.05) is 19.6 Å². The van der Waals surface area contributed by atoms with Gasteiger partial charge in [0.2, 0.25) is 5.91 Å². The molecule has 0 bridgehead atoms. The second-order valence-electron chi connectivity index (χ2n) is 5.24. The van der Waals surface area contributed by atoms with Crippen LogP contribution in [0.2, 0.25) is 0 Å². The Balaban J connectivity index is 1.75. The molecule has 2 aliphatic rings. The van der Waals surface area contributed by atoms with E-state index in [0.29, 0.717) is 24.7 Å². The summed E-state index contributed by atoms with van der Waals surface area (Å²) in [6, 6.07) is 1.38. The minimum absolute atomic E-state index is 0.146. The van der Waals surface area contributed by atoms with Gasteiger partial charge in [0.1, 0.15) is 0 Å². The smallest absolute Gasteiger partial charge is 0.234 e. The molecule has 0 saturated carbocycles. The van der Waals surface area contributed by atoms with Crippen molar-refractivity contribution in [3.05, 3.63) is 0 Å². The lowest BCUT2D eigenvalue weighted by atomic mass is 10.1. The van der Waals surface area contributed by atoms with Crippen molar-refractivity contribution in [3.63, 3.8) is 0 Å². The number of hydrogen-bond donors (Lipinski definition) is 2. The zero-order chi connectivity index (χ0) is 11.5. The number of fused-ring (bicyclic) bond motifs is 1. The second-order valence-corrected chi connectivity index (χ2v) is 5.24. The summed E-state index contributed by atoms with van der Waals surface area (Å²) < 4.78 is 0. The summed E-state index contributed by atoms with van der Waals surface area (Å²) in [5.41, 5.74) is 0. The largest absolute Gasteiger partial charge is 0.351 e. The van der Waals surface area contributed by atoms with Crippen LogP contribution >= 0.6 is 0 Å². The molecule has 2 heterocycles. The first kappa shape index (κ1) is 11.9.